The lowest BCUT2D eigenvalue weighted by Gasteiger charge is -2.11. The molecule has 4 nitrogen and oxygen atoms in total. The van der Waals surface area contributed by atoms with E-state index >= 15 is 0 Å². The number of nitrogens with zero attached hydrogens (tertiary/aromatic N) is 2. The molecule has 1 aromatic carbocycles. The molecule has 0 spiro atoms. The summed E-state index contributed by atoms with van der Waals surface area (Å²) in [5.74, 6) is 1.54. The Balaban J connectivity index is 2.20. The quantitative estimate of drug-likeness (QED) is 0.758. The minimum Gasteiger partial charge on any atom is -0.392 e. The van der Waals surface area contributed by atoms with Crippen LogP contribution in [-0.4, -0.2) is 27.7 Å². The lowest BCUT2D eigenvalue weighted by atomic mass is 10.0. The van der Waals surface area contributed by atoms with Crippen LogP contribution in [0.2, 0.25) is 0 Å². The van der Waals surface area contributed by atoms with Crippen LogP contribution in [0.5, 0.6) is 0 Å². The number of aryl methyl sites for hydroxylation is 3. The van der Waals surface area contributed by atoms with Gasteiger partial charge in [0, 0.05) is 17.0 Å². The van der Waals surface area contributed by atoms with Gasteiger partial charge in [0.05, 0.1) is 11.5 Å². The molecule has 0 bridgehead atoms. The number of aliphatic hydroxyl groups excluding tert-OH is 1. The van der Waals surface area contributed by atoms with Crippen LogP contribution < -0.4 is 5.32 Å². The van der Waals surface area contributed by atoms with Gasteiger partial charge in [0.2, 0.25) is 0 Å². The van der Waals surface area contributed by atoms with Crippen LogP contribution >= 0.6 is 11.3 Å². The number of aromatic nitrogens is 2. The number of fused-ring (bicyclic) bond motifs is 1. The van der Waals surface area contributed by atoms with Gasteiger partial charge in [-0.2, -0.15) is 0 Å². The van der Waals surface area contributed by atoms with E-state index in [0.29, 0.717) is 6.54 Å². The molecule has 0 saturated heterocycles. The van der Waals surface area contributed by atoms with Crippen LogP contribution in [0, 0.1) is 20.8 Å². The van der Waals surface area contributed by atoms with Crippen molar-refractivity contribution in [3.63, 3.8) is 0 Å². The fourth-order valence-corrected chi connectivity index (χ4v) is 3.75. The van der Waals surface area contributed by atoms with E-state index in [1.54, 1.807) is 18.3 Å². The molecule has 0 radical (unpaired) electrons. The second kappa shape index (κ2) is 6.26. The summed E-state index contributed by atoms with van der Waals surface area (Å²) in [4.78, 5) is 11.4. The maximum atomic E-state index is 9.57. The number of rotatable bonds is 4. The Bertz CT molecular complexity index is 838. The molecule has 0 amide bonds. The summed E-state index contributed by atoms with van der Waals surface area (Å²) in [6.07, 6.45) is -0.428. The van der Waals surface area contributed by atoms with Crippen LogP contribution in [0.25, 0.3) is 21.3 Å². The molecule has 1 atom stereocenters. The number of anilines is 1. The number of thiophene rings is 1. The topological polar surface area (TPSA) is 58.0 Å². The maximum Gasteiger partial charge on any atom is 0.139 e. The molecule has 0 fully saturated rings. The molecular weight excluding hydrogens is 306 g/mol. The van der Waals surface area contributed by atoms with Gasteiger partial charge in [0.1, 0.15) is 16.5 Å². The van der Waals surface area contributed by atoms with Crippen LogP contribution in [0.15, 0.2) is 24.3 Å². The van der Waals surface area contributed by atoms with Crippen molar-refractivity contribution in [2.45, 2.75) is 33.8 Å². The molecule has 3 rings (SSSR count). The maximum absolute atomic E-state index is 9.57. The summed E-state index contributed by atoms with van der Waals surface area (Å²) < 4.78 is 0. The average Bonchev–Trinajstić information content (AvgIpc) is 2.81. The van der Waals surface area contributed by atoms with Crippen molar-refractivity contribution in [3.8, 4) is 11.1 Å². The van der Waals surface area contributed by atoms with E-state index in [1.807, 2.05) is 6.92 Å². The van der Waals surface area contributed by atoms with Gasteiger partial charge >= 0.3 is 0 Å². The summed E-state index contributed by atoms with van der Waals surface area (Å²) >= 11 is 1.69. The second-order valence-corrected chi connectivity index (χ2v) is 7.13. The number of nitrogens with one attached hydrogen (secondary N) is 1. The van der Waals surface area contributed by atoms with E-state index in [-0.39, 0.29) is 0 Å². The second-order valence-electron chi connectivity index (χ2n) is 5.93. The fourth-order valence-electron chi connectivity index (χ4n) is 2.66. The third-order valence-corrected chi connectivity index (χ3v) is 4.74. The van der Waals surface area contributed by atoms with E-state index < -0.39 is 6.10 Å². The predicted molar refractivity (Wildman–Crippen MR) is 97.2 cm³/mol. The number of benzene rings is 1. The Kier molecular flexibility index (Phi) is 4.33. The Hall–Kier alpha value is -1.98. The molecule has 23 heavy (non-hydrogen) atoms. The SMILES string of the molecule is Cc1ccc(-c2c(C)sc3nc(C)nc(NCC(C)O)c23)cc1. The standard InChI is InChI=1S/C18H21N3OS/c1-10-5-7-14(8-6-10)15-12(3)23-18-16(15)17(19-9-11(2)22)20-13(4)21-18/h5-8,11,22H,9H2,1-4H3,(H,19,20,21). The first-order valence-electron chi connectivity index (χ1n) is 7.72. The van der Waals surface area contributed by atoms with Gasteiger partial charge in [-0.1, -0.05) is 29.8 Å². The monoisotopic (exact) mass is 327 g/mol. The molecule has 0 aliphatic heterocycles. The van der Waals surface area contributed by atoms with E-state index in [0.717, 1.165) is 21.9 Å². The van der Waals surface area contributed by atoms with Crippen LogP contribution in [0.1, 0.15) is 23.2 Å². The van der Waals surface area contributed by atoms with Gasteiger partial charge in [-0.15, -0.1) is 11.3 Å². The van der Waals surface area contributed by atoms with Crippen LogP contribution in [0.4, 0.5) is 5.82 Å². The Labute approximate surface area is 140 Å². The number of hydrogen-bond acceptors (Lipinski definition) is 5. The highest BCUT2D eigenvalue weighted by molar-refractivity contribution is 7.19. The first-order chi connectivity index (χ1) is 11.0. The van der Waals surface area contributed by atoms with Crippen molar-refractivity contribution in [1.29, 1.82) is 0 Å². The molecule has 2 heterocycles. The molecule has 3 aromatic rings. The number of aliphatic hydroxyl groups is 1. The molecule has 2 aromatic heterocycles. The van der Waals surface area contributed by atoms with Gasteiger partial charge < -0.3 is 10.4 Å². The molecule has 0 aliphatic rings. The Morgan fingerprint density at radius 1 is 1.13 bits per heavy atom. The van der Waals surface area contributed by atoms with Gasteiger partial charge in [-0.25, -0.2) is 9.97 Å². The third-order valence-electron chi connectivity index (χ3n) is 3.74. The average molecular weight is 327 g/mol. The largest absolute Gasteiger partial charge is 0.392 e. The van der Waals surface area contributed by atoms with Crippen molar-refractivity contribution in [1.82, 2.24) is 9.97 Å². The minimum atomic E-state index is -0.428. The van der Waals surface area contributed by atoms with Crippen LogP contribution in [-0.2, 0) is 0 Å². The molecular formula is C18H21N3OS. The minimum absolute atomic E-state index is 0.428. The van der Waals surface area contributed by atoms with E-state index in [2.05, 4.69) is 53.4 Å². The molecule has 5 heteroatoms. The highest BCUT2D eigenvalue weighted by atomic mass is 32.1. The smallest absolute Gasteiger partial charge is 0.139 e. The van der Waals surface area contributed by atoms with Gasteiger partial charge in [-0.05, 0) is 33.3 Å². The van der Waals surface area contributed by atoms with Gasteiger partial charge in [0.15, 0.2) is 0 Å². The summed E-state index contributed by atoms with van der Waals surface area (Å²) in [6.45, 7) is 8.33. The first kappa shape index (κ1) is 15.9. The fraction of sp³-hybridized carbons (Fsp3) is 0.333. The van der Waals surface area contributed by atoms with E-state index in [9.17, 15) is 5.11 Å². The lowest BCUT2D eigenvalue weighted by molar-refractivity contribution is 0.208. The summed E-state index contributed by atoms with van der Waals surface area (Å²) in [7, 11) is 0. The zero-order valence-corrected chi connectivity index (χ0v) is 14.7. The van der Waals surface area contributed by atoms with E-state index in [4.69, 9.17) is 0 Å². The summed E-state index contributed by atoms with van der Waals surface area (Å²) in [5.41, 5.74) is 3.59. The van der Waals surface area contributed by atoms with Crippen molar-refractivity contribution in [2.75, 3.05) is 11.9 Å². The van der Waals surface area contributed by atoms with Crippen LogP contribution in [0.3, 0.4) is 0 Å². The van der Waals surface area contributed by atoms with E-state index in [1.165, 1.54) is 21.6 Å². The van der Waals surface area contributed by atoms with Gasteiger partial charge in [-0.3, -0.25) is 0 Å². The Morgan fingerprint density at radius 3 is 2.48 bits per heavy atom. The Morgan fingerprint density at radius 2 is 1.83 bits per heavy atom. The zero-order chi connectivity index (χ0) is 16.6. The molecule has 120 valence electrons. The third kappa shape index (κ3) is 3.21. The van der Waals surface area contributed by atoms with Crippen molar-refractivity contribution >= 4 is 27.4 Å². The highest BCUT2D eigenvalue weighted by Crippen LogP contribution is 2.40. The summed E-state index contributed by atoms with van der Waals surface area (Å²) in [6, 6.07) is 8.52. The zero-order valence-electron chi connectivity index (χ0n) is 13.8. The van der Waals surface area contributed by atoms with Crippen molar-refractivity contribution in [2.24, 2.45) is 0 Å². The predicted octanol–water partition coefficient (Wildman–Crippen LogP) is 4.08. The van der Waals surface area contributed by atoms with Crippen molar-refractivity contribution in [3.05, 3.63) is 40.5 Å². The molecule has 0 saturated carbocycles. The normalized spacial score (nSPS) is 12.6. The molecule has 1 unspecified atom stereocenters. The van der Waals surface area contributed by atoms with Crippen molar-refractivity contribution < 1.29 is 5.11 Å². The highest BCUT2D eigenvalue weighted by Gasteiger charge is 2.17. The molecule has 0 aliphatic carbocycles. The molecule has 2 N–H and O–H groups in total. The first-order valence-corrected chi connectivity index (χ1v) is 8.54. The lowest BCUT2D eigenvalue weighted by Crippen LogP contribution is -2.16. The summed E-state index contributed by atoms with van der Waals surface area (Å²) in [5, 5.41) is 13.9. The number of hydrogen-bond donors (Lipinski definition) is 2. The van der Waals surface area contributed by atoms with Gasteiger partial charge in [0.25, 0.3) is 0 Å².